The quantitative estimate of drug-likeness (QED) is 0.633. The molecule has 0 spiro atoms. The van der Waals surface area contributed by atoms with Crippen molar-refractivity contribution in [3.05, 3.63) is 89.1 Å². The van der Waals surface area contributed by atoms with Gasteiger partial charge in [-0.25, -0.2) is 9.37 Å². The Bertz CT molecular complexity index is 1170. The molecule has 162 valence electrons. The summed E-state index contributed by atoms with van der Waals surface area (Å²) in [6.45, 7) is 3.71. The van der Waals surface area contributed by atoms with Crippen LogP contribution < -0.4 is 9.64 Å². The molecule has 1 saturated heterocycles. The van der Waals surface area contributed by atoms with Crippen LogP contribution in [0.3, 0.4) is 0 Å². The Balaban J connectivity index is 1.33. The van der Waals surface area contributed by atoms with E-state index < -0.39 is 0 Å². The highest BCUT2D eigenvalue weighted by Gasteiger charge is 2.32. The molecule has 0 bridgehead atoms. The summed E-state index contributed by atoms with van der Waals surface area (Å²) in [4.78, 5) is 21.7. The summed E-state index contributed by atoms with van der Waals surface area (Å²) in [6.07, 6.45) is 3.38. The molecule has 2 aliphatic rings. The first-order valence-electron chi connectivity index (χ1n) is 10.5. The van der Waals surface area contributed by atoms with Crippen LogP contribution in [0.4, 0.5) is 10.2 Å². The highest BCUT2D eigenvalue weighted by Crippen LogP contribution is 2.40. The summed E-state index contributed by atoms with van der Waals surface area (Å²) in [7, 11) is 0. The van der Waals surface area contributed by atoms with Gasteiger partial charge in [-0.3, -0.25) is 9.69 Å². The van der Waals surface area contributed by atoms with Crippen molar-refractivity contribution in [2.45, 2.75) is 6.54 Å². The Morgan fingerprint density at radius 2 is 1.81 bits per heavy atom. The van der Waals surface area contributed by atoms with E-state index in [-0.39, 0.29) is 23.1 Å². The number of aromatic hydroxyl groups is 1. The zero-order valence-electron chi connectivity index (χ0n) is 17.4. The molecule has 0 saturated carbocycles. The van der Waals surface area contributed by atoms with Gasteiger partial charge in [0, 0.05) is 38.9 Å². The SMILES string of the molecule is O=C1/C(=C/c2ccc(F)cc2)Oc2c1ccc(O)c2CN1CCN(c2ccccn2)CC1. The van der Waals surface area contributed by atoms with Crippen LogP contribution in [0.25, 0.3) is 6.08 Å². The number of rotatable bonds is 4. The van der Waals surface area contributed by atoms with E-state index in [1.807, 2.05) is 18.2 Å². The van der Waals surface area contributed by atoms with Gasteiger partial charge < -0.3 is 14.7 Å². The maximum atomic E-state index is 13.2. The molecule has 2 aromatic carbocycles. The average molecular weight is 431 g/mol. The lowest BCUT2D eigenvalue weighted by Gasteiger charge is -2.35. The lowest BCUT2D eigenvalue weighted by Crippen LogP contribution is -2.46. The van der Waals surface area contributed by atoms with Crippen molar-refractivity contribution in [3.8, 4) is 11.5 Å². The van der Waals surface area contributed by atoms with E-state index >= 15 is 0 Å². The third-order valence-electron chi connectivity index (χ3n) is 5.81. The van der Waals surface area contributed by atoms with Crippen LogP contribution in [0.5, 0.6) is 11.5 Å². The molecule has 0 unspecified atom stereocenters. The summed E-state index contributed by atoms with van der Waals surface area (Å²) < 4.78 is 19.1. The van der Waals surface area contributed by atoms with E-state index in [4.69, 9.17) is 4.74 Å². The number of nitrogens with zero attached hydrogens (tertiary/aromatic N) is 3. The molecular formula is C25H22FN3O3. The van der Waals surface area contributed by atoms with Gasteiger partial charge in [0.05, 0.1) is 11.1 Å². The lowest BCUT2D eigenvalue weighted by molar-refractivity contribution is 0.101. The molecule has 1 fully saturated rings. The number of Topliss-reactive ketones (excluding diaryl/α,β-unsaturated/α-hetero) is 1. The maximum absolute atomic E-state index is 13.2. The first kappa shape index (κ1) is 20.2. The molecule has 6 nitrogen and oxygen atoms in total. The molecule has 0 amide bonds. The zero-order valence-corrected chi connectivity index (χ0v) is 17.4. The van der Waals surface area contributed by atoms with Crippen LogP contribution in [0.1, 0.15) is 21.5 Å². The number of phenols is 1. The zero-order chi connectivity index (χ0) is 22.1. The standard InChI is InChI=1S/C25H22FN3O3/c26-18-6-4-17(5-7-18)15-22-24(31)19-8-9-21(30)20(25(19)32-22)16-28-11-13-29(14-12-28)23-3-1-2-10-27-23/h1-10,15,30H,11-14,16H2/b22-15-. The van der Waals surface area contributed by atoms with Crippen LogP contribution in [0.15, 0.2) is 66.6 Å². The second kappa shape index (κ2) is 8.43. The van der Waals surface area contributed by atoms with Crippen molar-refractivity contribution in [3.63, 3.8) is 0 Å². The summed E-state index contributed by atoms with van der Waals surface area (Å²) in [5.74, 6) is 1.04. The molecule has 0 radical (unpaired) electrons. The number of hydrogen-bond donors (Lipinski definition) is 1. The number of fused-ring (bicyclic) bond motifs is 1. The number of anilines is 1. The van der Waals surface area contributed by atoms with E-state index in [0.717, 1.165) is 32.0 Å². The average Bonchev–Trinajstić information content (AvgIpc) is 3.13. The number of ether oxygens (including phenoxy) is 1. The van der Waals surface area contributed by atoms with Gasteiger partial charge in [-0.15, -0.1) is 0 Å². The van der Waals surface area contributed by atoms with Gasteiger partial charge in [-0.2, -0.15) is 0 Å². The fraction of sp³-hybridized carbons (Fsp3) is 0.200. The van der Waals surface area contributed by atoms with E-state index in [9.17, 15) is 14.3 Å². The van der Waals surface area contributed by atoms with Gasteiger partial charge in [0.1, 0.15) is 23.1 Å². The van der Waals surface area contributed by atoms with Crippen LogP contribution in [0.2, 0.25) is 0 Å². The number of allylic oxidation sites excluding steroid dienone is 1. The fourth-order valence-electron chi connectivity index (χ4n) is 4.06. The third kappa shape index (κ3) is 3.94. The number of phenolic OH excluding ortho intramolecular Hbond substituents is 1. The molecule has 0 atom stereocenters. The number of piperazine rings is 1. The number of ketones is 1. The Morgan fingerprint density at radius 3 is 2.53 bits per heavy atom. The molecule has 1 N–H and O–H groups in total. The molecule has 32 heavy (non-hydrogen) atoms. The first-order chi connectivity index (χ1) is 15.6. The van der Waals surface area contributed by atoms with E-state index in [0.29, 0.717) is 29.0 Å². The minimum Gasteiger partial charge on any atom is -0.507 e. The number of halogens is 1. The largest absolute Gasteiger partial charge is 0.507 e. The monoisotopic (exact) mass is 431 g/mol. The van der Waals surface area contributed by atoms with Crippen LogP contribution >= 0.6 is 0 Å². The Hall–Kier alpha value is -3.71. The smallest absolute Gasteiger partial charge is 0.231 e. The molecule has 0 aliphatic carbocycles. The molecule has 2 aliphatic heterocycles. The van der Waals surface area contributed by atoms with E-state index in [1.54, 1.807) is 36.5 Å². The summed E-state index contributed by atoms with van der Waals surface area (Å²) in [6, 6.07) is 14.8. The molecule has 1 aromatic heterocycles. The van der Waals surface area contributed by atoms with Crippen LogP contribution in [-0.2, 0) is 6.54 Å². The van der Waals surface area contributed by atoms with Crippen molar-refractivity contribution >= 4 is 17.7 Å². The minimum atomic E-state index is -0.343. The second-order valence-electron chi connectivity index (χ2n) is 7.88. The van der Waals surface area contributed by atoms with E-state index in [2.05, 4.69) is 14.8 Å². The number of carbonyl (C=O) groups is 1. The maximum Gasteiger partial charge on any atom is 0.231 e. The molecule has 5 rings (SSSR count). The van der Waals surface area contributed by atoms with E-state index in [1.165, 1.54) is 12.1 Å². The fourth-order valence-corrected chi connectivity index (χ4v) is 4.06. The Kier molecular flexibility index (Phi) is 5.33. The number of aromatic nitrogens is 1. The predicted octanol–water partition coefficient (Wildman–Crippen LogP) is 3.86. The molecule has 3 heterocycles. The Morgan fingerprint density at radius 1 is 1.03 bits per heavy atom. The highest BCUT2D eigenvalue weighted by molar-refractivity contribution is 6.15. The van der Waals surface area contributed by atoms with Crippen molar-refractivity contribution < 1.29 is 19.0 Å². The van der Waals surface area contributed by atoms with Crippen molar-refractivity contribution in [2.24, 2.45) is 0 Å². The normalized spacial score (nSPS) is 17.5. The summed E-state index contributed by atoms with van der Waals surface area (Å²) in [5, 5.41) is 10.5. The Labute approximate surface area is 185 Å². The highest BCUT2D eigenvalue weighted by atomic mass is 19.1. The predicted molar refractivity (Wildman–Crippen MR) is 119 cm³/mol. The number of hydrogen-bond acceptors (Lipinski definition) is 6. The summed E-state index contributed by atoms with van der Waals surface area (Å²) in [5.41, 5.74) is 1.70. The van der Waals surface area contributed by atoms with Gasteiger partial charge in [0.15, 0.2) is 5.76 Å². The molecular weight excluding hydrogens is 409 g/mol. The van der Waals surface area contributed by atoms with Crippen LogP contribution in [-0.4, -0.2) is 47.0 Å². The number of carbonyl (C=O) groups excluding carboxylic acids is 1. The van der Waals surface area contributed by atoms with Gasteiger partial charge in [0.25, 0.3) is 0 Å². The van der Waals surface area contributed by atoms with Gasteiger partial charge in [-0.1, -0.05) is 18.2 Å². The molecule has 7 heteroatoms. The van der Waals surface area contributed by atoms with Gasteiger partial charge in [0.2, 0.25) is 5.78 Å². The van der Waals surface area contributed by atoms with Crippen molar-refractivity contribution in [2.75, 3.05) is 31.1 Å². The summed E-state index contributed by atoms with van der Waals surface area (Å²) >= 11 is 0. The number of pyridine rings is 1. The van der Waals surface area contributed by atoms with Crippen LogP contribution in [0, 0.1) is 5.82 Å². The minimum absolute atomic E-state index is 0.103. The third-order valence-corrected chi connectivity index (χ3v) is 5.81. The van der Waals surface area contributed by atoms with Crippen molar-refractivity contribution in [1.29, 1.82) is 0 Å². The first-order valence-corrected chi connectivity index (χ1v) is 10.5. The van der Waals surface area contributed by atoms with Crippen molar-refractivity contribution in [1.82, 2.24) is 9.88 Å². The lowest BCUT2D eigenvalue weighted by atomic mass is 10.0. The second-order valence-corrected chi connectivity index (χ2v) is 7.88. The molecule has 3 aromatic rings. The van der Waals surface area contributed by atoms with Gasteiger partial charge >= 0.3 is 0 Å². The number of benzene rings is 2. The topological polar surface area (TPSA) is 65.9 Å². The van der Waals surface area contributed by atoms with Gasteiger partial charge in [-0.05, 0) is 48.0 Å².